The molecule has 4 heteroatoms. The first kappa shape index (κ1) is 12.5. The highest BCUT2D eigenvalue weighted by atomic mass is 16.5. The minimum absolute atomic E-state index is 0.0664. The Bertz CT molecular complexity index is 339. The van der Waals surface area contributed by atoms with Gasteiger partial charge >= 0.3 is 0 Å². The van der Waals surface area contributed by atoms with Gasteiger partial charge in [0.2, 0.25) is 5.91 Å². The zero-order valence-corrected chi connectivity index (χ0v) is 9.66. The van der Waals surface area contributed by atoms with Crippen LogP contribution in [-0.2, 0) is 9.53 Å². The summed E-state index contributed by atoms with van der Waals surface area (Å²) in [5.41, 5.74) is 0.675. The van der Waals surface area contributed by atoms with Gasteiger partial charge in [-0.2, -0.15) is 0 Å². The minimum Gasteiger partial charge on any atom is -0.492 e. The molecule has 0 atom stereocenters. The first-order valence-corrected chi connectivity index (χ1v) is 5.37. The lowest BCUT2D eigenvalue weighted by atomic mass is 10.3. The summed E-state index contributed by atoms with van der Waals surface area (Å²) in [6.07, 6.45) is 0. The fourth-order valence-electron chi connectivity index (χ4n) is 1.23. The SMILES string of the molecule is CCOCC(=O)Nc1ccccc1OCC. The summed E-state index contributed by atoms with van der Waals surface area (Å²) in [6.45, 7) is 4.91. The summed E-state index contributed by atoms with van der Waals surface area (Å²) < 4.78 is 10.4. The molecule has 0 bridgehead atoms. The van der Waals surface area contributed by atoms with Crippen LogP contribution in [-0.4, -0.2) is 25.7 Å². The molecule has 0 aliphatic carbocycles. The summed E-state index contributed by atoms with van der Waals surface area (Å²) >= 11 is 0. The smallest absolute Gasteiger partial charge is 0.250 e. The van der Waals surface area contributed by atoms with E-state index >= 15 is 0 Å². The molecular weight excluding hydrogens is 206 g/mol. The number of amides is 1. The van der Waals surface area contributed by atoms with Crippen molar-refractivity contribution in [3.8, 4) is 5.75 Å². The Kier molecular flexibility index (Phi) is 5.36. The molecule has 0 aliphatic heterocycles. The summed E-state index contributed by atoms with van der Waals surface area (Å²) in [5, 5.41) is 2.74. The van der Waals surface area contributed by atoms with Gasteiger partial charge in [0.25, 0.3) is 0 Å². The van der Waals surface area contributed by atoms with Crippen molar-refractivity contribution < 1.29 is 14.3 Å². The van der Waals surface area contributed by atoms with Crippen molar-refractivity contribution in [2.24, 2.45) is 0 Å². The molecule has 16 heavy (non-hydrogen) atoms. The molecule has 0 aliphatic rings. The molecule has 0 radical (unpaired) electrons. The van der Waals surface area contributed by atoms with E-state index in [9.17, 15) is 4.79 Å². The van der Waals surface area contributed by atoms with Crippen molar-refractivity contribution in [3.63, 3.8) is 0 Å². The lowest BCUT2D eigenvalue weighted by Crippen LogP contribution is -2.18. The van der Waals surface area contributed by atoms with Gasteiger partial charge in [-0.1, -0.05) is 12.1 Å². The summed E-state index contributed by atoms with van der Waals surface area (Å²) in [7, 11) is 0. The summed E-state index contributed by atoms with van der Waals surface area (Å²) in [5.74, 6) is 0.504. The molecule has 0 unspecified atom stereocenters. The molecule has 4 nitrogen and oxygen atoms in total. The third-order valence-electron chi connectivity index (χ3n) is 1.90. The largest absolute Gasteiger partial charge is 0.492 e. The van der Waals surface area contributed by atoms with Crippen molar-refractivity contribution >= 4 is 11.6 Å². The second kappa shape index (κ2) is 6.85. The number of rotatable bonds is 6. The van der Waals surface area contributed by atoms with Crippen LogP contribution in [0.1, 0.15) is 13.8 Å². The van der Waals surface area contributed by atoms with Crippen molar-refractivity contribution in [2.45, 2.75) is 13.8 Å². The predicted molar refractivity (Wildman–Crippen MR) is 62.7 cm³/mol. The summed E-state index contributed by atoms with van der Waals surface area (Å²) in [4.78, 5) is 11.4. The second-order valence-electron chi connectivity index (χ2n) is 3.11. The molecule has 0 saturated heterocycles. The van der Waals surface area contributed by atoms with Crippen molar-refractivity contribution in [1.82, 2.24) is 0 Å². The number of carbonyl (C=O) groups excluding carboxylic acids is 1. The molecule has 0 saturated carbocycles. The molecule has 0 spiro atoms. The number of hydrogen-bond donors (Lipinski definition) is 1. The quantitative estimate of drug-likeness (QED) is 0.803. The van der Waals surface area contributed by atoms with Gasteiger partial charge in [-0.05, 0) is 26.0 Å². The number of hydrogen-bond acceptors (Lipinski definition) is 3. The average molecular weight is 223 g/mol. The van der Waals surface area contributed by atoms with Crippen LogP contribution < -0.4 is 10.1 Å². The Morgan fingerprint density at radius 3 is 2.69 bits per heavy atom. The van der Waals surface area contributed by atoms with E-state index in [-0.39, 0.29) is 12.5 Å². The van der Waals surface area contributed by atoms with Crippen LogP contribution in [0.3, 0.4) is 0 Å². The van der Waals surface area contributed by atoms with Crippen molar-refractivity contribution in [3.05, 3.63) is 24.3 Å². The number of carbonyl (C=O) groups is 1. The van der Waals surface area contributed by atoms with Gasteiger partial charge in [0.15, 0.2) is 0 Å². The lowest BCUT2D eigenvalue weighted by Gasteiger charge is -2.10. The second-order valence-corrected chi connectivity index (χ2v) is 3.11. The lowest BCUT2D eigenvalue weighted by molar-refractivity contribution is -0.120. The fraction of sp³-hybridized carbons (Fsp3) is 0.417. The average Bonchev–Trinajstić information content (AvgIpc) is 2.29. The monoisotopic (exact) mass is 223 g/mol. The molecule has 1 aromatic rings. The van der Waals surface area contributed by atoms with Crippen LogP contribution in [0.15, 0.2) is 24.3 Å². The molecule has 1 aromatic carbocycles. The van der Waals surface area contributed by atoms with E-state index in [2.05, 4.69) is 5.32 Å². The van der Waals surface area contributed by atoms with Gasteiger partial charge in [-0.25, -0.2) is 0 Å². The highest BCUT2D eigenvalue weighted by Gasteiger charge is 2.06. The van der Waals surface area contributed by atoms with Crippen LogP contribution in [0.4, 0.5) is 5.69 Å². The van der Waals surface area contributed by atoms with Crippen molar-refractivity contribution in [1.29, 1.82) is 0 Å². The Balaban J connectivity index is 2.61. The molecule has 0 heterocycles. The van der Waals surface area contributed by atoms with Gasteiger partial charge in [0.1, 0.15) is 12.4 Å². The van der Waals surface area contributed by atoms with E-state index in [0.29, 0.717) is 24.7 Å². The topological polar surface area (TPSA) is 47.6 Å². The van der Waals surface area contributed by atoms with Gasteiger partial charge in [-0.15, -0.1) is 0 Å². The van der Waals surface area contributed by atoms with E-state index in [1.54, 1.807) is 6.07 Å². The molecular formula is C12H17NO3. The van der Waals surface area contributed by atoms with E-state index in [0.717, 1.165) is 0 Å². The maximum Gasteiger partial charge on any atom is 0.250 e. The third kappa shape index (κ3) is 3.90. The standard InChI is InChI=1S/C12H17NO3/c1-3-15-9-12(14)13-10-7-5-6-8-11(10)16-4-2/h5-8H,3-4,9H2,1-2H3,(H,13,14). The molecule has 88 valence electrons. The van der Waals surface area contributed by atoms with E-state index in [1.165, 1.54) is 0 Å². The van der Waals surface area contributed by atoms with Gasteiger partial charge in [0, 0.05) is 6.61 Å². The summed E-state index contributed by atoms with van der Waals surface area (Å²) in [6, 6.07) is 7.33. The number of anilines is 1. The highest BCUT2D eigenvalue weighted by Crippen LogP contribution is 2.23. The first-order valence-electron chi connectivity index (χ1n) is 5.37. The Morgan fingerprint density at radius 1 is 1.25 bits per heavy atom. The predicted octanol–water partition coefficient (Wildman–Crippen LogP) is 2.06. The normalized spacial score (nSPS) is 9.88. The van der Waals surface area contributed by atoms with Crippen LogP contribution in [0.2, 0.25) is 0 Å². The number of benzene rings is 1. The zero-order chi connectivity index (χ0) is 11.8. The molecule has 1 amide bonds. The van der Waals surface area contributed by atoms with Crippen molar-refractivity contribution in [2.75, 3.05) is 25.1 Å². The maximum absolute atomic E-state index is 11.4. The van der Waals surface area contributed by atoms with Gasteiger partial charge in [0.05, 0.1) is 12.3 Å². The molecule has 1 rings (SSSR count). The number of ether oxygens (including phenoxy) is 2. The minimum atomic E-state index is -0.172. The zero-order valence-electron chi connectivity index (χ0n) is 9.66. The van der Waals surface area contributed by atoms with Crippen LogP contribution in [0, 0.1) is 0 Å². The Hall–Kier alpha value is -1.55. The van der Waals surface area contributed by atoms with Gasteiger partial charge < -0.3 is 14.8 Å². The van der Waals surface area contributed by atoms with Crippen LogP contribution in [0.25, 0.3) is 0 Å². The fourth-order valence-corrected chi connectivity index (χ4v) is 1.23. The number of nitrogens with one attached hydrogen (secondary N) is 1. The first-order chi connectivity index (χ1) is 7.77. The van der Waals surface area contributed by atoms with Crippen LogP contribution >= 0.6 is 0 Å². The molecule has 1 N–H and O–H groups in total. The Labute approximate surface area is 95.6 Å². The third-order valence-corrected chi connectivity index (χ3v) is 1.90. The maximum atomic E-state index is 11.4. The number of para-hydroxylation sites is 2. The van der Waals surface area contributed by atoms with E-state index in [1.807, 2.05) is 32.0 Å². The Morgan fingerprint density at radius 2 is 2.00 bits per heavy atom. The van der Waals surface area contributed by atoms with E-state index < -0.39 is 0 Å². The molecule has 0 aromatic heterocycles. The van der Waals surface area contributed by atoms with Gasteiger partial charge in [-0.3, -0.25) is 4.79 Å². The van der Waals surface area contributed by atoms with E-state index in [4.69, 9.17) is 9.47 Å². The van der Waals surface area contributed by atoms with Crippen LogP contribution in [0.5, 0.6) is 5.75 Å². The molecule has 0 fully saturated rings. The highest BCUT2D eigenvalue weighted by molar-refractivity contribution is 5.93.